The molecule has 2 aromatic carbocycles. The molecule has 0 radical (unpaired) electrons. The summed E-state index contributed by atoms with van der Waals surface area (Å²) < 4.78 is 17.7. The van der Waals surface area contributed by atoms with Gasteiger partial charge in [-0.2, -0.15) is 0 Å². The zero-order chi connectivity index (χ0) is 22.1. The third-order valence-electron chi connectivity index (χ3n) is 4.28. The Morgan fingerprint density at radius 3 is 2.17 bits per heavy atom. The number of carbonyl (C=O) groups is 4. The molecule has 2 rings (SSSR count). The van der Waals surface area contributed by atoms with E-state index in [1.807, 2.05) is 32.0 Å². The topological polar surface area (TPSA) is 102 Å². The van der Waals surface area contributed by atoms with Crippen LogP contribution in [0, 0.1) is 19.7 Å². The van der Waals surface area contributed by atoms with E-state index in [2.05, 4.69) is 10.6 Å². The monoisotopic (exact) mass is 414 g/mol. The van der Waals surface area contributed by atoms with E-state index in [4.69, 9.17) is 4.74 Å². The van der Waals surface area contributed by atoms with Crippen molar-refractivity contribution in [2.45, 2.75) is 26.7 Å². The molecule has 0 atom stereocenters. The molecule has 0 fully saturated rings. The summed E-state index contributed by atoms with van der Waals surface area (Å²) in [5.74, 6) is -2.55. The predicted molar refractivity (Wildman–Crippen MR) is 108 cm³/mol. The van der Waals surface area contributed by atoms with Crippen molar-refractivity contribution in [2.75, 3.05) is 18.5 Å². The zero-order valence-electron chi connectivity index (χ0n) is 16.8. The number of rotatable bonds is 9. The number of amides is 2. The van der Waals surface area contributed by atoms with E-state index >= 15 is 0 Å². The van der Waals surface area contributed by atoms with Crippen molar-refractivity contribution in [3.63, 3.8) is 0 Å². The number of ether oxygens (including phenoxy) is 1. The number of ketones is 1. The van der Waals surface area contributed by atoms with Crippen molar-refractivity contribution in [3.05, 3.63) is 65.0 Å². The molecule has 0 aliphatic rings. The van der Waals surface area contributed by atoms with Crippen LogP contribution in [-0.2, 0) is 19.1 Å². The van der Waals surface area contributed by atoms with E-state index in [9.17, 15) is 23.6 Å². The Balaban J connectivity index is 1.67. The van der Waals surface area contributed by atoms with E-state index in [1.54, 1.807) is 0 Å². The number of esters is 1. The van der Waals surface area contributed by atoms with Gasteiger partial charge in [-0.3, -0.25) is 19.2 Å². The third-order valence-corrected chi connectivity index (χ3v) is 4.28. The molecule has 30 heavy (non-hydrogen) atoms. The quantitative estimate of drug-likeness (QED) is 0.485. The highest BCUT2D eigenvalue weighted by Gasteiger charge is 2.13. The predicted octanol–water partition coefficient (Wildman–Crippen LogP) is 2.70. The van der Waals surface area contributed by atoms with Gasteiger partial charge in [0.1, 0.15) is 5.82 Å². The summed E-state index contributed by atoms with van der Waals surface area (Å²) in [7, 11) is 0. The number of para-hydroxylation sites is 1. The normalized spacial score (nSPS) is 10.2. The van der Waals surface area contributed by atoms with Crippen LogP contribution in [0.1, 0.15) is 34.3 Å². The van der Waals surface area contributed by atoms with Crippen LogP contribution in [0.25, 0.3) is 0 Å². The van der Waals surface area contributed by atoms with Gasteiger partial charge in [0.05, 0.1) is 13.0 Å². The number of benzene rings is 2. The summed E-state index contributed by atoms with van der Waals surface area (Å²) in [6.45, 7) is 2.90. The second-order valence-electron chi connectivity index (χ2n) is 6.68. The van der Waals surface area contributed by atoms with Gasteiger partial charge in [-0.25, -0.2) is 4.39 Å². The first kappa shape index (κ1) is 22.7. The highest BCUT2D eigenvalue weighted by Crippen LogP contribution is 2.18. The molecule has 0 saturated carbocycles. The second-order valence-corrected chi connectivity index (χ2v) is 6.68. The minimum absolute atomic E-state index is 0.121. The summed E-state index contributed by atoms with van der Waals surface area (Å²) in [5, 5.41) is 5.09. The third kappa shape index (κ3) is 7.12. The number of carbonyl (C=O) groups excluding carboxylic acids is 4. The van der Waals surface area contributed by atoms with Gasteiger partial charge in [0.15, 0.2) is 12.4 Å². The lowest BCUT2D eigenvalue weighted by atomic mass is 10.1. The molecule has 8 heteroatoms. The van der Waals surface area contributed by atoms with Crippen molar-refractivity contribution in [3.8, 4) is 0 Å². The fourth-order valence-electron chi connectivity index (χ4n) is 2.64. The van der Waals surface area contributed by atoms with E-state index in [0.717, 1.165) is 23.3 Å². The molecule has 158 valence electrons. The Labute approximate surface area is 173 Å². The summed E-state index contributed by atoms with van der Waals surface area (Å²) in [4.78, 5) is 47.4. The molecule has 0 saturated heterocycles. The van der Waals surface area contributed by atoms with E-state index in [1.165, 1.54) is 12.1 Å². The Hall–Kier alpha value is -3.55. The van der Waals surface area contributed by atoms with E-state index in [-0.39, 0.29) is 30.7 Å². The maximum absolute atomic E-state index is 12.8. The van der Waals surface area contributed by atoms with Crippen molar-refractivity contribution >= 4 is 29.3 Å². The first-order chi connectivity index (χ1) is 14.3. The second kappa shape index (κ2) is 10.8. The van der Waals surface area contributed by atoms with Crippen LogP contribution in [0.3, 0.4) is 0 Å². The highest BCUT2D eigenvalue weighted by molar-refractivity contribution is 5.98. The van der Waals surface area contributed by atoms with Crippen LogP contribution in [0.5, 0.6) is 0 Å². The Kier molecular flexibility index (Phi) is 8.22. The van der Waals surface area contributed by atoms with Gasteiger partial charge in [0, 0.05) is 17.7 Å². The smallest absolute Gasteiger partial charge is 0.306 e. The van der Waals surface area contributed by atoms with Crippen molar-refractivity contribution in [2.24, 2.45) is 0 Å². The van der Waals surface area contributed by atoms with Crippen LogP contribution in [0.4, 0.5) is 10.1 Å². The summed E-state index contributed by atoms with van der Waals surface area (Å²) >= 11 is 0. The SMILES string of the molecule is Cc1cccc(C)c1NC(=O)CNC(=O)COC(=O)CCC(=O)c1ccc(F)cc1. The van der Waals surface area contributed by atoms with Crippen LogP contribution >= 0.6 is 0 Å². The van der Waals surface area contributed by atoms with E-state index < -0.39 is 30.2 Å². The molecule has 0 aliphatic heterocycles. The van der Waals surface area contributed by atoms with Crippen LogP contribution in [-0.4, -0.2) is 36.7 Å². The average Bonchev–Trinajstić information content (AvgIpc) is 2.72. The zero-order valence-corrected chi connectivity index (χ0v) is 16.8. The Bertz CT molecular complexity index is 921. The van der Waals surface area contributed by atoms with Gasteiger partial charge >= 0.3 is 5.97 Å². The molecule has 0 bridgehead atoms. The molecular formula is C22H23FN2O5. The molecule has 0 aliphatic carbocycles. The Morgan fingerprint density at radius 1 is 0.900 bits per heavy atom. The van der Waals surface area contributed by atoms with Gasteiger partial charge in [-0.05, 0) is 49.2 Å². The maximum Gasteiger partial charge on any atom is 0.306 e. The van der Waals surface area contributed by atoms with Gasteiger partial charge in [-0.15, -0.1) is 0 Å². The molecule has 0 aromatic heterocycles. The number of Topliss-reactive ketones (excluding diaryl/α,β-unsaturated/α-hetero) is 1. The van der Waals surface area contributed by atoms with Gasteiger partial charge < -0.3 is 15.4 Å². The minimum Gasteiger partial charge on any atom is -0.456 e. The fourth-order valence-corrected chi connectivity index (χ4v) is 2.64. The van der Waals surface area contributed by atoms with Crippen molar-refractivity contribution in [1.82, 2.24) is 5.32 Å². The lowest BCUT2D eigenvalue weighted by Crippen LogP contribution is -2.35. The summed E-state index contributed by atoms with van der Waals surface area (Å²) in [6, 6.07) is 10.6. The first-order valence-corrected chi connectivity index (χ1v) is 9.33. The number of halogens is 1. The van der Waals surface area contributed by atoms with Gasteiger partial charge in [-0.1, -0.05) is 18.2 Å². The lowest BCUT2D eigenvalue weighted by Gasteiger charge is -2.12. The average molecular weight is 414 g/mol. The maximum atomic E-state index is 12.8. The number of nitrogens with one attached hydrogen (secondary N) is 2. The van der Waals surface area contributed by atoms with Crippen LogP contribution in [0.2, 0.25) is 0 Å². The van der Waals surface area contributed by atoms with Crippen LogP contribution < -0.4 is 10.6 Å². The molecule has 0 spiro atoms. The molecule has 2 N–H and O–H groups in total. The largest absolute Gasteiger partial charge is 0.456 e. The molecular weight excluding hydrogens is 391 g/mol. The molecule has 2 aromatic rings. The highest BCUT2D eigenvalue weighted by atomic mass is 19.1. The number of anilines is 1. The van der Waals surface area contributed by atoms with Crippen molar-refractivity contribution < 1.29 is 28.3 Å². The fraction of sp³-hybridized carbons (Fsp3) is 0.273. The first-order valence-electron chi connectivity index (χ1n) is 9.33. The molecule has 0 heterocycles. The van der Waals surface area contributed by atoms with Crippen LogP contribution in [0.15, 0.2) is 42.5 Å². The number of aryl methyl sites for hydroxylation is 2. The van der Waals surface area contributed by atoms with Gasteiger partial charge in [0.2, 0.25) is 5.91 Å². The standard InChI is InChI=1S/C22H23FN2O5/c1-14-4-3-5-15(2)22(14)25-19(27)12-24-20(28)13-30-21(29)11-10-18(26)16-6-8-17(23)9-7-16/h3-9H,10-13H2,1-2H3,(H,24,28)(H,25,27). The Morgan fingerprint density at radius 2 is 1.53 bits per heavy atom. The number of hydrogen-bond donors (Lipinski definition) is 2. The number of hydrogen-bond acceptors (Lipinski definition) is 5. The summed E-state index contributed by atoms with van der Waals surface area (Å²) in [5.41, 5.74) is 2.78. The lowest BCUT2D eigenvalue weighted by molar-refractivity contribution is -0.148. The molecule has 2 amide bonds. The van der Waals surface area contributed by atoms with Gasteiger partial charge in [0.25, 0.3) is 5.91 Å². The van der Waals surface area contributed by atoms with Crippen molar-refractivity contribution in [1.29, 1.82) is 0 Å². The molecule has 7 nitrogen and oxygen atoms in total. The minimum atomic E-state index is -0.722. The summed E-state index contributed by atoms with van der Waals surface area (Å²) in [6.07, 6.45) is -0.333. The van der Waals surface area contributed by atoms with E-state index in [0.29, 0.717) is 5.69 Å². The molecule has 0 unspecified atom stereocenters.